The van der Waals surface area contributed by atoms with Gasteiger partial charge in [-0.05, 0) is 58.6 Å². The van der Waals surface area contributed by atoms with Crippen molar-refractivity contribution in [1.29, 1.82) is 0 Å². The Hall–Kier alpha value is -1.32. The Balaban J connectivity index is 1.70. The van der Waals surface area contributed by atoms with E-state index in [1.54, 1.807) is 0 Å². The van der Waals surface area contributed by atoms with Crippen molar-refractivity contribution in [3.8, 4) is 5.75 Å². The smallest absolute Gasteiger partial charge is 0.133 e. The molecule has 1 aliphatic heterocycles. The first-order chi connectivity index (χ1) is 9.81. The minimum Gasteiger partial charge on any atom is -0.488 e. The summed E-state index contributed by atoms with van der Waals surface area (Å²) in [4.78, 5) is 0. The van der Waals surface area contributed by atoms with Crippen LogP contribution in [0.4, 0.5) is 0 Å². The average molecular weight is 332 g/mol. The number of hydrogen-bond donors (Lipinski definition) is 1. The maximum Gasteiger partial charge on any atom is 0.133 e. The molecule has 0 aliphatic carbocycles. The first-order valence-corrected chi connectivity index (χ1v) is 7.80. The molecule has 0 aromatic heterocycles. The standard InChI is InChI=1S/C17H18BrNO/c18-16-11-14(10-13-4-2-1-3-5-13)6-7-17(16)20-15-8-9-19-12-15/h1-7,11,15,19H,8-10,12H2/t15-/m0/s1. The highest BCUT2D eigenvalue weighted by Gasteiger charge is 2.17. The summed E-state index contributed by atoms with van der Waals surface area (Å²) in [5.41, 5.74) is 2.62. The lowest BCUT2D eigenvalue weighted by Gasteiger charge is -2.14. The van der Waals surface area contributed by atoms with Crippen LogP contribution >= 0.6 is 15.9 Å². The molecule has 1 atom stereocenters. The Bertz CT molecular complexity index is 564. The molecule has 2 aromatic rings. The van der Waals surface area contributed by atoms with Crippen LogP contribution in [0.2, 0.25) is 0 Å². The van der Waals surface area contributed by atoms with Crippen molar-refractivity contribution < 1.29 is 4.74 Å². The van der Waals surface area contributed by atoms with Crippen LogP contribution < -0.4 is 10.1 Å². The quantitative estimate of drug-likeness (QED) is 0.920. The monoisotopic (exact) mass is 331 g/mol. The number of ether oxygens (including phenoxy) is 1. The van der Waals surface area contributed by atoms with E-state index in [9.17, 15) is 0 Å². The molecule has 0 saturated carbocycles. The van der Waals surface area contributed by atoms with E-state index in [0.29, 0.717) is 6.10 Å². The molecule has 104 valence electrons. The predicted molar refractivity (Wildman–Crippen MR) is 85.3 cm³/mol. The SMILES string of the molecule is Brc1cc(Cc2ccccc2)ccc1O[C@H]1CCNC1. The summed E-state index contributed by atoms with van der Waals surface area (Å²) in [6.45, 7) is 1.99. The molecule has 3 heteroatoms. The largest absolute Gasteiger partial charge is 0.488 e. The summed E-state index contributed by atoms with van der Waals surface area (Å²) in [6, 6.07) is 16.9. The van der Waals surface area contributed by atoms with Gasteiger partial charge in [-0.15, -0.1) is 0 Å². The third-order valence-electron chi connectivity index (χ3n) is 3.56. The van der Waals surface area contributed by atoms with Crippen molar-refractivity contribution in [2.75, 3.05) is 13.1 Å². The van der Waals surface area contributed by atoms with Gasteiger partial charge in [-0.25, -0.2) is 0 Å². The fourth-order valence-corrected chi connectivity index (χ4v) is 3.01. The Morgan fingerprint density at radius 2 is 1.95 bits per heavy atom. The van der Waals surface area contributed by atoms with Gasteiger partial charge in [0.2, 0.25) is 0 Å². The number of rotatable bonds is 4. The lowest BCUT2D eigenvalue weighted by atomic mass is 10.1. The summed E-state index contributed by atoms with van der Waals surface area (Å²) in [5, 5.41) is 3.32. The maximum absolute atomic E-state index is 6.00. The zero-order chi connectivity index (χ0) is 13.8. The molecule has 1 fully saturated rings. The normalized spacial score (nSPS) is 18.1. The zero-order valence-corrected chi connectivity index (χ0v) is 12.9. The molecule has 3 rings (SSSR count). The van der Waals surface area contributed by atoms with E-state index in [4.69, 9.17) is 4.74 Å². The van der Waals surface area contributed by atoms with Crippen molar-refractivity contribution in [2.24, 2.45) is 0 Å². The average Bonchev–Trinajstić information content (AvgIpc) is 2.96. The van der Waals surface area contributed by atoms with Crippen molar-refractivity contribution in [2.45, 2.75) is 18.9 Å². The molecule has 0 radical (unpaired) electrons. The van der Waals surface area contributed by atoms with Crippen LogP contribution in [-0.2, 0) is 6.42 Å². The lowest BCUT2D eigenvalue weighted by Crippen LogP contribution is -2.19. The fraction of sp³-hybridized carbons (Fsp3) is 0.294. The van der Waals surface area contributed by atoms with Crippen LogP contribution in [0.1, 0.15) is 17.5 Å². The summed E-state index contributed by atoms with van der Waals surface area (Å²) in [6.07, 6.45) is 2.33. The van der Waals surface area contributed by atoms with Crippen LogP contribution in [-0.4, -0.2) is 19.2 Å². The molecule has 1 heterocycles. The molecule has 0 unspecified atom stereocenters. The second-order valence-corrected chi connectivity index (χ2v) is 6.01. The van der Waals surface area contributed by atoms with E-state index in [2.05, 4.69) is 63.7 Å². The van der Waals surface area contributed by atoms with Gasteiger partial charge in [0.25, 0.3) is 0 Å². The highest BCUT2D eigenvalue weighted by atomic mass is 79.9. The van der Waals surface area contributed by atoms with E-state index < -0.39 is 0 Å². The summed E-state index contributed by atoms with van der Waals surface area (Å²) >= 11 is 3.62. The Labute approximate surface area is 128 Å². The molecule has 2 aromatic carbocycles. The molecular weight excluding hydrogens is 314 g/mol. The minimum absolute atomic E-state index is 0.297. The molecule has 0 bridgehead atoms. The zero-order valence-electron chi connectivity index (χ0n) is 11.3. The molecular formula is C17H18BrNO. The molecule has 20 heavy (non-hydrogen) atoms. The fourth-order valence-electron chi connectivity index (χ4n) is 2.49. The third kappa shape index (κ3) is 3.41. The molecule has 1 N–H and O–H groups in total. The van der Waals surface area contributed by atoms with Crippen molar-refractivity contribution in [1.82, 2.24) is 5.32 Å². The highest BCUT2D eigenvalue weighted by Crippen LogP contribution is 2.28. The molecule has 0 spiro atoms. The van der Waals surface area contributed by atoms with Crippen LogP contribution in [0.3, 0.4) is 0 Å². The molecule has 0 amide bonds. The Morgan fingerprint density at radius 1 is 1.10 bits per heavy atom. The van der Waals surface area contributed by atoms with Gasteiger partial charge < -0.3 is 10.1 Å². The Morgan fingerprint density at radius 3 is 2.65 bits per heavy atom. The maximum atomic E-state index is 6.00. The second kappa shape index (κ2) is 6.42. The minimum atomic E-state index is 0.297. The number of nitrogens with one attached hydrogen (secondary N) is 1. The van der Waals surface area contributed by atoms with Crippen LogP contribution in [0.15, 0.2) is 53.0 Å². The molecule has 1 saturated heterocycles. The molecule has 1 aliphatic rings. The van der Waals surface area contributed by atoms with E-state index in [-0.39, 0.29) is 0 Å². The lowest BCUT2D eigenvalue weighted by molar-refractivity contribution is 0.221. The van der Waals surface area contributed by atoms with Gasteiger partial charge in [0.15, 0.2) is 0 Å². The number of hydrogen-bond acceptors (Lipinski definition) is 2. The summed E-state index contributed by atoms with van der Waals surface area (Å²) in [7, 11) is 0. The van der Waals surface area contributed by atoms with Crippen LogP contribution in [0.5, 0.6) is 5.75 Å². The van der Waals surface area contributed by atoms with E-state index in [1.165, 1.54) is 11.1 Å². The number of benzene rings is 2. The van der Waals surface area contributed by atoms with Gasteiger partial charge in [0.1, 0.15) is 11.9 Å². The van der Waals surface area contributed by atoms with Gasteiger partial charge in [0.05, 0.1) is 4.47 Å². The van der Waals surface area contributed by atoms with Crippen molar-refractivity contribution >= 4 is 15.9 Å². The third-order valence-corrected chi connectivity index (χ3v) is 4.18. The van der Waals surface area contributed by atoms with Crippen LogP contribution in [0.25, 0.3) is 0 Å². The summed E-state index contributed by atoms with van der Waals surface area (Å²) in [5.74, 6) is 0.940. The van der Waals surface area contributed by atoms with E-state index >= 15 is 0 Å². The topological polar surface area (TPSA) is 21.3 Å². The van der Waals surface area contributed by atoms with Gasteiger partial charge in [-0.2, -0.15) is 0 Å². The van der Waals surface area contributed by atoms with Gasteiger partial charge in [0, 0.05) is 6.54 Å². The first-order valence-electron chi connectivity index (χ1n) is 7.01. The van der Waals surface area contributed by atoms with Gasteiger partial charge in [-0.3, -0.25) is 0 Å². The Kier molecular flexibility index (Phi) is 4.38. The number of halogens is 1. The second-order valence-electron chi connectivity index (χ2n) is 5.16. The highest BCUT2D eigenvalue weighted by molar-refractivity contribution is 9.10. The van der Waals surface area contributed by atoms with E-state index in [0.717, 1.165) is 36.2 Å². The van der Waals surface area contributed by atoms with Gasteiger partial charge >= 0.3 is 0 Å². The van der Waals surface area contributed by atoms with E-state index in [1.807, 2.05) is 6.07 Å². The first kappa shape index (κ1) is 13.7. The van der Waals surface area contributed by atoms with Gasteiger partial charge in [-0.1, -0.05) is 36.4 Å². The molecule has 2 nitrogen and oxygen atoms in total. The van der Waals surface area contributed by atoms with Crippen LogP contribution in [0, 0.1) is 0 Å². The van der Waals surface area contributed by atoms with Crippen molar-refractivity contribution in [3.05, 3.63) is 64.1 Å². The summed E-state index contributed by atoms with van der Waals surface area (Å²) < 4.78 is 7.04. The predicted octanol–water partition coefficient (Wildman–Crippen LogP) is 3.78. The van der Waals surface area contributed by atoms with Crippen molar-refractivity contribution in [3.63, 3.8) is 0 Å².